The van der Waals surface area contributed by atoms with E-state index < -0.39 is 42.8 Å². The molecule has 1 aliphatic rings. The molecule has 2 heterocycles. The van der Waals surface area contributed by atoms with E-state index in [0.717, 1.165) is 11.0 Å². The Morgan fingerprint density at radius 1 is 1.00 bits per heavy atom. The van der Waals surface area contributed by atoms with Crippen LogP contribution < -0.4 is 5.56 Å². The van der Waals surface area contributed by atoms with Gasteiger partial charge >= 0.3 is 18.0 Å². The first-order valence-electron chi connectivity index (χ1n) is 10.1. The van der Waals surface area contributed by atoms with Crippen molar-refractivity contribution in [1.82, 2.24) is 20.0 Å². The van der Waals surface area contributed by atoms with E-state index in [1.54, 1.807) is 13.8 Å². The lowest BCUT2D eigenvalue weighted by Gasteiger charge is -2.36. The molecule has 1 N–H and O–H groups in total. The van der Waals surface area contributed by atoms with Crippen LogP contribution in [0.5, 0.6) is 0 Å². The minimum absolute atomic E-state index is 0.179. The first-order chi connectivity index (χ1) is 15.7. The fraction of sp³-hybridized carbons (Fsp3) is 0.429. The van der Waals surface area contributed by atoms with E-state index in [1.165, 1.54) is 12.1 Å². The highest BCUT2D eigenvalue weighted by Crippen LogP contribution is 2.37. The number of piperazine rings is 1. The second kappa shape index (κ2) is 9.11. The summed E-state index contributed by atoms with van der Waals surface area (Å²) in [5.74, 6) is -9.57. The van der Waals surface area contributed by atoms with E-state index in [1.807, 2.05) is 0 Å². The van der Waals surface area contributed by atoms with Crippen LogP contribution in [-0.2, 0) is 11.2 Å². The molecule has 0 radical (unpaired) electrons. The number of rotatable bonds is 4. The third kappa shape index (κ3) is 4.77. The molecule has 1 aliphatic heterocycles. The molecular formula is C21H20F6N4O3. The largest absolute Gasteiger partial charge is 0.463 e. The lowest BCUT2D eigenvalue weighted by atomic mass is 10.0. The predicted molar refractivity (Wildman–Crippen MR) is 107 cm³/mol. The number of hydrogen-bond donors (Lipinski definition) is 1. The van der Waals surface area contributed by atoms with E-state index in [9.17, 15) is 40.7 Å². The lowest BCUT2D eigenvalue weighted by Crippen LogP contribution is -2.58. The molecule has 0 atom stereocenters. The highest BCUT2D eigenvalue weighted by molar-refractivity contribution is 5.95. The minimum atomic E-state index is -6.03. The highest BCUT2D eigenvalue weighted by atomic mass is 19.4. The van der Waals surface area contributed by atoms with Gasteiger partial charge in [0.25, 0.3) is 11.5 Å². The van der Waals surface area contributed by atoms with Crippen LogP contribution in [0.2, 0.25) is 0 Å². The summed E-state index contributed by atoms with van der Waals surface area (Å²) in [7, 11) is 0. The number of nitrogens with one attached hydrogen (secondary N) is 1. The van der Waals surface area contributed by atoms with Gasteiger partial charge in [0.2, 0.25) is 0 Å². The van der Waals surface area contributed by atoms with Crippen LogP contribution in [0, 0.1) is 19.7 Å². The van der Waals surface area contributed by atoms with Crippen molar-refractivity contribution < 1.29 is 35.9 Å². The van der Waals surface area contributed by atoms with E-state index in [4.69, 9.17) is 0 Å². The molecule has 0 saturated carbocycles. The molecular weight excluding hydrogens is 470 g/mol. The van der Waals surface area contributed by atoms with Crippen molar-refractivity contribution in [2.24, 2.45) is 0 Å². The Hall–Kier alpha value is -3.38. The van der Waals surface area contributed by atoms with Gasteiger partial charge in [-0.1, -0.05) is 6.07 Å². The van der Waals surface area contributed by atoms with Crippen LogP contribution in [0.1, 0.15) is 32.7 Å². The average Bonchev–Trinajstić information content (AvgIpc) is 2.79. The normalized spacial score (nSPS) is 14.9. The molecule has 2 aromatic rings. The second-order valence-corrected chi connectivity index (χ2v) is 7.90. The maximum Gasteiger partial charge on any atom is 0.463 e. The number of H-pyrrole nitrogens is 1. The molecule has 3 rings (SSSR count). The number of aromatic amines is 1. The van der Waals surface area contributed by atoms with Crippen LogP contribution >= 0.6 is 0 Å². The Balaban J connectivity index is 1.73. The standard InChI is InChI=1S/C21H20F6N4O3/c1-11-12(2)17(32)29-28-16(11)10-13-3-4-15(22)14(9-13)18(33)30-5-7-31(8-6-30)19(34)20(23,24)21(25,26)27/h3-4,9H,5-8,10H2,1-2H3,(H,29,32). The Morgan fingerprint density at radius 3 is 2.18 bits per heavy atom. The summed E-state index contributed by atoms with van der Waals surface area (Å²) in [4.78, 5) is 37.5. The van der Waals surface area contributed by atoms with Crippen LogP contribution in [0.15, 0.2) is 23.0 Å². The Morgan fingerprint density at radius 2 is 1.59 bits per heavy atom. The van der Waals surface area contributed by atoms with Gasteiger partial charge < -0.3 is 9.80 Å². The SMILES string of the molecule is Cc1c(Cc2ccc(F)c(C(=O)N3CCN(C(=O)C(F)(F)C(F)(F)F)CC3)c2)n[nH]c(=O)c1C. The summed E-state index contributed by atoms with van der Waals surface area (Å²) < 4.78 is 78.4. The van der Waals surface area contributed by atoms with Gasteiger partial charge in [0.15, 0.2) is 0 Å². The van der Waals surface area contributed by atoms with Gasteiger partial charge in [-0.15, -0.1) is 0 Å². The molecule has 13 heteroatoms. The van der Waals surface area contributed by atoms with Crippen molar-refractivity contribution in [2.75, 3.05) is 26.2 Å². The number of halogens is 6. The van der Waals surface area contributed by atoms with E-state index in [-0.39, 0.29) is 30.6 Å². The number of carbonyl (C=O) groups is 2. The van der Waals surface area contributed by atoms with Gasteiger partial charge in [-0.3, -0.25) is 14.4 Å². The summed E-state index contributed by atoms with van der Waals surface area (Å²) in [5, 5.41) is 6.33. The molecule has 0 unspecified atom stereocenters. The monoisotopic (exact) mass is 490 g/mol. The number of amides is 2. The molecule has 2 amide bonds. The van der Waals surface area contributed by atoms with Crippen molar-refractivity contribution >= 4 is 11.8 Å². The van der Waals surface area contributed by atoms with E-state index in [2.05, 4.69) is 10.2 Å². The zero-order valence-corrected chi connectivity index (χ0v) is 18.1. The number of hydrogen-bond acceptors (Lipinski definition) is 4. The smallest absolute Gasteiger partial charge is 0.335 e. The molecule has 1 saturated heterocycles. The van der Waals surface area contributed by atoms with Crippen molar-refractivity contribution in [2.45, 2.75) is 32.4 Å². The first kappa shape index (κ1) is 25.2. The van der Waals surface area contributed by atoms with E-state index in [0.29, 0.717) is 27.3 Å². The van der Waals surface area contributed by atoms with Crippen LogP contribution in [0.25, 0.3) is 0 Å². The van der Waals surface area contributed by atoms with Crippen molar-refractivity contribution in [1.29, 1.82) is 0 Å². The second-order valence-electron chi connectivity index (χ2n) is 7.90. The number of carbonyl (C=O) groups excluding carboxylic acids is 2. The summed E-state index contributed by atoms with van der Waals surface area (Å²) in [6.07, 6.45) is -5.85. The third-order valence-electron chi connectivity index (χ3n) is 5.74. The molecule has 7 nitrogen and oxygen atoms in total. The molecule has 0 spiro atoms. The summed E-state index contributed by atoms with van der Waals surface area (Å²) in [6, 6.07) is 3.79. The predicted octanol–water partition coefficient (Wildman–Crippen LogP) is 2.60. The van der Waals surface area contributed by atoms with Crippen molar-refractivity contribution in [3.8, 4) is 0 Å². The first-order valence-corrected chi connectivity index (χ1v) is 10.1. The summed E-state index contributed by atoms with van der Waals surface area (Å²) in [5.41, 5.74) is 1.45. The molecule has 0 aliphatic carbocycles. The van der Waals surface area contributed by atoms with Gasteiger partial charge in [-0.05, 0) is 37.1 Å². The van der Waals surface area contributed by atoms with Crippen molar-refractivity contribution in [3.63, 3.8) is 0 Å². The van der Waals surface area contributed by atoms with E-state index >= 15 is 0 Å². The molecule has 1 aromatic carbocycles. The van der Waals surface area contributed by atoms with Gasteiger partial charge in [-0.2, -0.15) is 27.1 Å². The zero-order valence-electron chi connectivity index (χ0n) is 18.1. The maximum absolute atomic E-state index is 14.4. The molecule has 1 aromatic heterocycles. The third-order valence-corrected chi connectivity index (χ3v) is 5.74. The van der Waals surface area contributed by atoms with Gasteiger partial charge in [0, 0.05) is 38.2 Å². The topological polar surface area (TPSA) is 86.4 Å². The Labute approximate surface area is 189 Å². The lowest BCUT2D eigenvalue weighted by molar-refractivity contribution is -0.274. The maximum atomic E-state index is 14.4. The average molecular weight is 490 g/mol. The van der Waals surface area contributed by atoms with Gasteiger partial charge in [0.05, 0.1) is 11.3 Å². The fourth-order valence-electron chi connectivity index (χ4n) is 3.49. The van der Waals surface area contributed by atoms with Crippen LogP contribution in [0.3, 0.4) is 0 Å². The molecule has 0 bridgehead atoms. The van der Waals surface area contributed by atoms with Gasteiger partial charge in [-0.25, -0.2) is 9.49 Å². The number of benzene rings is 1. The minimum Gasteiger partial charge on any atom is -0.335 e. The van der Waals surface area contributed by atoms with Crippen LogP contribution in [0.4, 0.5) is 26.3 Å². The van der Waals surface area contributed by atoms with Crippen LogP contribution in [-0.4, -0.2) is 70.1 Å². The Bertz CT molecular complexity index is 1170. The molecule has 34 heavy (non-hydrogen) atoms. The number of alkyl halides is 5. The summed E-state index contributed by atoms with van der Waals surface area (Å²) >= 11 is 0. The Kier molecular flexibility index (Phi) is 6.76. The van der Waals surface area contributed by atoms with Gasteiger partial charge in [0.1, 0.15) is 5.82 Å². The highest BCUT2D eigenvalue weighted by Gasteiger charge is 2.64. The molecule has 1 fully saturated rings. The number of nitrogens with zero attached hydrogens (tertiary/aromatic N) is 3. The van der Waals surface area contributed by atoms with Crippen molar-refractivity contribution in [3.05, 3.63) is 62.3 Å². The zero-order chi connectivity index (χ0) is 25.4. The summed E-state index contributed by atoms with van der Waals surface area (Å²) in [6.45, 7) is 1.51. The number of aromatic nitrogens is 2. The molecule has 184 valence electrons. The fourth-order valence-corrected chi connectivity index (χ4v) is 3.49. The quantitative estimate of drug-likeness (QED) is 0.668.